The lowest BCUT2D eigenvalue weighted by Gasteiger charge is -2.35. The first-order valence-corrected chi connectivity index (χ1v) is 9.09. The smallest absolute Gasteiger partial charge is 0.373 e. The molecule has 8 nitrogen and oxygen atoms in total. The second kappa shape index (κ2) is 8.06. The molecular formula is C18H22ClN5O3. The summed E-state index contributed by atoms with van der Waals surface area (Å²) in [6.45, 7) is 3.73. The number of nitrogens with zero attached hydrogens (tertiary/aromatic N) is 5. The number of ether oxygens (including phenoxy) is 1. The second-order valence-corrected chi connectivity index (χ2v) is 7.17. The quantitative estimate of drug-likeness (QED) is 0.567. The van der Waals surface area contributed by atoms with E-state index in [1.54, 1.807) is 18.2 Å². The van der Waals surface area contributed by atoms with Gasteiger partial charge >= 0.3 is 11.6 Å². The predicted octanol–water partition coefficient (Wildman–Crippen LogP) is 3.67. The molecule has 0 unspecified atom stereocenters. The van der Waals surface area contributed by atoms with Gasteiger partial charge in [-0.15, -0.1) is 0 Å². The van der Waals surface area contributed by atoms with Gasteiger partial charge < -0.3 is 14.5 Å². The number of benzene rings is 1. The summed E-state index contributed by atoms with van der Waals surface area (Å²) in [5.74, 6) is 0.628. The van der Waals surface area contributed by atoms with Gasteiger partial charge in [-0.25, -0.2) is 4.98 Å². The summed E-state index contributed by atoms with van der Waals surface area (Å²) in [4.78, 5) is 23.6. The summed E-state index contributed by atoms with van der Waals surface area (Å²) < 4.78 is 5.72. The Hall–Kier alpha value is -2.45. The van der Waals surface area contributed by atoms with E-state index in [1.807, 2.05) is 18.9 Å². The van der Waals surface area contributed by atoms with Gasteiger partial charge in [-0.1, -0.05) is 11.6 Å². The van der Waals surface area contributed by atoms with Crippen LogP contribution in [0.15, 0.2) is 24.5 Å². The summed E-state index contributed by atoms with van der Waals surface area (Å²) in [5.41, 5.74) is 0.584. The van der Waals surface area contributed by atoms with E-state index in [2.05, 4.69) is 21.9 Å². The van der Waals surface area contributed by atoms with Gasteiger partial charge in [0.05, 0.1) is 4.92 Å². The molecule has 144 valence electrons. The SMILES string of the molecule is Cc1cc(Oc2ncnc(N(C)C3CCN(C)CC3)c2[N+](=O)[O-])ccc1Cl. The molecule has 0 spiro atoms. The molecule has 0 amide bonds. The average Bonchev–Trinajstić information content (AvgIpc) is 2.64. The molecule has 3 rings (SSSR count). The molecule has 1 saturated heterocycles. The summed E-state index contributed by atoms with van der Waals surface area (Å²) >= 11 is 6.03. The fourth-order valence-electron chi connectivity index (χ4n) is 3.19. The molecule has 0 atom stereocenters. The van der Waals surface area contributed by atoms with E-state index < -0.39 is 4.92 Å². The number of nitro groups is 1. The Labute approximate surface area is 162 Å². The number of aromatic nitrogens is 2. The van der Waals surface area contributed by atoms with Crippen molar-refractivity contribution >= 4 is 23.1 Å². The molecule has 1 aliphatic heterocycles. The highest BCUT2D eigenvalue weighted by Crippen LogP contribution is 2.37. The van der Waals surface area contributed by atoms with Crippen LogP contribution in [0.5, 0.6) is 11.6 Å². The molecule has 1 aliphatic rings. The van der Waals surface area contributed by atoms with Crippen LogP contribution in [0.1, 0.15) is 18.4 Å². The maximum Gasteiger partial charge on any atom is 0.373 e. The lowest BCUT2D eigenvalue weighted by atomic mass is 10.0. The van der Waals surface area contributed by atoms with Gasteiger partial charge in [-0.05, 0) is 63.7 Å². The van der Waals surface area contributed by atoms with Crippen molar-refractivity contribution in [1.82, 2.24) is 14.9 Å². The van der Waals surface area contributed by atoms with E-state index in [0.717, 1.165) is 31.5 Å². The highest BCUT2D eigenvalue weighted by Gasteiger charge is 2.31. The van der Waals surface area contributed by atoms with Gasteiger partial charge in [0.1, 0.15) is 12.1 Å². The maximum absolute atomic E-state index is 11.8. The molecule has 0 saturated carbocycles. The Bertz CT molecular complexity index is 840. The third kappa shape index (κ3) is 4.28. The molecule has 9 heteroatoms. The zero-order valence-electron chi connectivity index (χ0n) is 15.6. The average molecular weight is 392 g/mol. The van der Waals surface area contributed by atoms with Crippen LogP contribution in [-0.2, 0) is 0 Å². The third-order valence-corrected chi connectivity index (χ3v) is 5.29. The minimum atomic E-state index is -0.487. The van der Waals surface area contributed by atoms with E-state index in [4.69, 9.17) is 16.3 Å². The molecule has 2 aromatic rings. The first-order valence-electron chi connectivity index (χ1n) is 8.71. The van der Waals surface area contributed by atoms with E-state index in [1.165, 1.54) is 6.33 Å². The molecule has 0 bridgehead atoms. The zero-order chi connectivity index (χ0) is 19.6. The first kappa shape index (κ1) is 19.3. The number of hydrogen-bond acceptors (Lipinski definition) is 7. The summed E-state index contributed by atoms with van der Waals surface area (Å²) in [7, 11) is 3.91. The van der Waals surface area contributed by atoms with E-state index in [-0.39, 0.29) is 23.4 Å². The minimum absolute atomic E-state index is 0.0773. The van der Waals surface area contributed by atoms with Crippen molar-refractivity contribution < 1.29 is 9.66 Å². The van der Waals surface area contributed by atoms with Crippen molar-refractivity contribution in [3.05, 3.63) is 45.2 Å². The third-order valence-electron chi connectivity index (χ3n) is 4.87. The number of halogens is 1. The molecule has 27 heavy (non-hydrogen) atoms. The monoisotopic (exact) mass is 391 g/mol. The molecule has 1 fully saturated rings. The van der Waals surface area contributed by atoms with E-state index in [9.17, 15) is 10.1 Å². The van der Waals surface area contributed by atoms with Crippen LogP contribution in [0, 0.1) is 17.0 Å². The highest BCUT2D eigenvalue weighted by molar-refractivity contribution is 6.31. The Balaban J connectivity index is 1.92. The van der Waals surface area contributed by atoms with Crippen LogP contribution in [0.3, 0.4) is 0 Å². The number of hydrogen-bond donors (Lipinski definition) is 0. The van der Waals surface area contributed by atoms with Crippen molar-refractivity contribution in [3.8, 4) is 11.6 Å². The Morgan fingerprint density at radius 3 is 2.67 bits per heavy atom. The van der Waals surface area contributed by atoms with Crippen LogP contribution in [0.4, 0.5) is 11.5 Å². The highest BCUT2D eigenvalue weighted by atomic mass is 35.5. The summed E-state index contributed by atoms with van der Waals surface area (Å²) in [6, 6.07) is 5.24. The van der Waals surface area contributed by atoms with Gasteiger partial charge in [0.2, 0.25) is 5.82 Å². The Kier molecular flexibility index (Phi) is 5.76. The minimum Gasteiger partial charge on any atom is -0.434 e. The van der Waals surface area contributed by atoms with E-state index in [0.29, 0.717) is 10.8 Å². The van der Waals surface area contributed by atoms with Crippen LogP contribution in [0.25, 0.3) is 0 Å². The maximum atomic E-state index is 11.8. The standard InChI is InChI=1S/C18H22ClN5O3/c1-12-10-14(4-5-15(12)19)27-18-16(24(25)26)17(20-11-21-18)23(3)13-6-8-22(2)9-7-13/h4-5,10-11,13H,6-9H2,1-3H3. The fourth-order valence-corrected chi connectivity index (χ4v) is 3.31. The van der Waals surface area contributed by atoms with Crippen molar-refractivity contribution in [2.24, 2.45) is 0 Å². The molecule has 1 aromatic carbocycles. The number of likely N-dealkylation sites (tertiary alicyclic amines) is 1. The van der Waals surface area contributed by atoms with Gasteiger partial charge in [0, 0.05) is 18.1 Å². The van der Waals surface area contributed by atoms with Gasteiger partial charge in [-0.2, -0.15) is 4.98 Å². The predicted molar refractivity (Wildman–Crippen MR) is 104 cm³/mol. The lowest BCUT2D eigenvalue weighted by molar-refractivity contribution is -0.385. The second-order valence-electron chi connectivity index (χ2n) is 6.77. The number of aryl methyl sites for hydroxylation is 1. The lowest BCUT2D eigenvalue weighted by Crippen LogP contribution is -2.42. The summed E-state index contributed by atoms with van der Waals surface area (Å²) in [6.07, 6.45) is 3.13. The number of rotatable bonds is 5. The molecule has 0 aliphatic carbocycles. The molecule has 2 heterocycles. The Morgan fingerprint density at radius 2 is 2.04 bits per heavy atom. The van der Waals surface area contributed by atoms with Crippen molar-refractivity contribution in [1.29, 1.82) is 0 Å². The van der Waals surface area contributed by atoms with Crippen LogP contribution in [-0.4, -0.2) is 53.0 Å². The number of anilines is 1. The van der Waals surface area contributed by atoms with Gasteiger partial charge in [0.15, 0.2) is 0 Å². The van der Waals surface area contributed by atoms with Crippen molar-refractivity contribution in [2.45, 2.75) is 25.8 Å². The largest absolute Gasteiger partial charge is 0.434 e. The molecule has 0 radical (unpaired) electrons. The van der Waals surface area contributed by atoms with Crippen molar-refractivity contribution in [3.63, 3.8) is 0 Å². The van der Waals surface area contributed by atoms with Crippen molar-refractivity contribution in [2.75, 3.05) is 32.1 Å². The van der Waals surface area contributed by atoms with Crippen LogP contribution >= 0.6 is 11.6 Å². The normalized spacial score (nSPS) is 15.6. The topological polar surface area (TPSA) is 84.6 Å². The van der Waals surface area contributed by atoms with E-state index >= 15 is 0 Å². The molecule has 1 aromatic heterocycles. The van der Waals surface area contributed by atoms with Gasteiger partial charge in [-0.3, -0.25) is 10.1 Å². The van der Waals surface area contributed by atoms with Crippen LogP contribution < -0.4 is 9.64 Å². The van der Waals surface area contributed by atoms with Crippen LogP contribution in [0.2, 0.25) is 5.02 Å². The zero-order valence-corrected chi connectivity index (χ0v) is 16.3. The molecular weight excluding hydrogens is 370 g/mol. The summed E-state index contributed by atoms with van der Waals surface area (Å²) in [5, 5.41) is 12.4. The first-order chi connectivity index (χ1) is 12.9. The fraction of sp³-hybridized carbons (Fsp3) is 0.444. The van der Waals surface area contributed by atoms with Gasteiger partial charge in [0.25, 0.3) is 0 Å². The number of piperidine rings is 1. The Morgan fingerprint density at radius 1 is 1.33 bits per heavy atom. The molecule has 0 N–H and O–H groups in total.